The van der Waals surface area contributed by atoms with Gasteiger partial charge in [-0.1, -0.05) is 35.9 Å². The lowest BCUT2D eigenvalue weighted by molar-refractivity contribution is 0.602. The molecule has 24 heavy (non-hydrogen) atoms. The van der Waals surface area contributed by atoms with E-state index in [1.165, 1.54) is 6.26 Å². The number of pyridine rings is 1. The molecular weight excluding hydrogens is 342 g/mol. The number of hydrogen-bond donors (Lipinski definition) is 0. The van der Waals surface area contributed by atoms with Gasteiger partial charge in [0.05, 0.1) is 15.6 Å². The molecule has 0 N–H and O–H groups in total. The van der Waals surface area contributed by atoms with Crippen molar-refractivity contribution >= 4 is 32.6 Å². The summed E-state index contributed by atoms with van der Waals surface area (Å²) in [5, 5.41) is 0.613. The predicted molar refractivity (Wildman–Crippen MR) is 96.4 cm³/mol. The van der Waals surface area contributed by atoms with Crippen molar-refractivity contribution in [2.75, 3.05) is 6.26 Å². The van der Waals surface area contributed by atoms with Gasteiger partial charge >= 0.3 is 0 Å². The molecule has 0 saturated heterocycles. The van der Waals surface area contributed by atoms with Gasteiger partial charge in [0.2, 0.25) is 0 Å². The second-order valence-electron chi connectivity index (χ2n) is 6.51. The first-order chi connectivity index (χ1) is 11.4. The summed E-state index contributed by atoms with van der Waals surface area (Å²) in [4.78, 5) is 4.78. The van der Waals surface area contributed by atoms with Crippen LogP contribution in [0.5, 0.6) is 0 Å². The van der Waals surface area contributed by atoms with Gasteiger partial charge in [0.1, 0.15) is 0 Å². The maximum atomic E-state index is 11.6. The van der Waals surface area contributed by atoms with E-state index in [2.05, 4.69) is 17.1 Å². The normalized spacial score (nSPS) is 18.4. The first-order valence-electron chi connectivity index (χ1n) is 7.75. The SMILES string of the molecule is CS(=O)(=O)c1ccc(C2=CC3(C=C2c2ccc(Cl)cn2)CC3)cc1. The van der Waals surface area contributed by atoms with Crippen LogP contribution in [0.2, 0.25) is 5.02 Å². The molecule has 0 unspecified atom stereocenters. The molecule has 0 radical (unpaired) electrons. The highest BCUT2D eigenvalue weighted by Crippen LogP contribution is 2.57. The Balaban J connectivity index is 1.76. The number of nitrogens with zero attached hydrogens (tertiary/aromatic N) is 1. The Kier molecular flexibility index (Phi) is 3.44. The van der Waals surface area contributed by atoms with Gasteiger partial charge in [0, 0.05) is 23.4 Å². The minimum atomic E-state index is -3.19. The highest BCUT2D eigenvalue weighted by atomic mass is 35.5. The van der Waals surface area contributed by atoms with Gasteiger partial charge in [-0.2, -0.15) is 0 Å². The Hall–Kier alpha value is -1.91. The van der Waals surface area contributed by atoms with Crippen molar-refractivity contribution < 1.29 is 8.42 Å². The minimum absolute atomic E-state index is 0.154. The molecule has 1 saturated carbocycles. The molecule has 2 aliphatic rings. The van der Waals surface area contributed by atoms with Crippen molar-refractivity contribution in [1.82, 2.24) is 4.98 Å². The second kappa shape index (κ2) is 5.30. The van der Waals surface area contributed by atoms with Gasteiger partial charge in [0.25, 0.3) is 0 Å². The zero-order chi connectivity index (χ0) is 16.9. The Morgan fingerprint density at radius 2 is 1.67 bits per heavy atom. The maximum absolute atomic E-state index is 11.6. The Bertz CT molecular complexity index is 967. The van der Waals surface area contributed by atoms with E-state index in [0.717, 1.165) is 35.2 Å². The molecule has 0 atom stereocenters. The van der Waals surface area contributed by atoms with Gasteiger partial charge in [-0.15, -0.1) is 0 Å². The summed E-state index contributed by atoms with van der Waals surface area (Å²) < 4.78 is 23.3. The summed E-state index contributed by atoms with van der Waals surface area (Å²) in [5.74, 6) is 0. The lowest BCUT2D eigenvalue weighted by Crippen LogP contribution is -1.97. The average Bonchev–Trinajstić information content (AvgIpc) is 3.19. The van der Waals surface area contributed by atoms with Gasteiger partial charge in [-0.25, -0.2) is 8.42 Å². The van der Waals surface area contributed by atoms with Crippen LogP contribution < -0.4 is 0 Å². The monoisotopic (exact) mass is 357 g/mol. The second-order valence-corrected chi connectivity index (χ2v) is 8.96. The maximum Gasteiger partial charge on any atom is 0.175 e. The lowest BCUT2D eigenvalue weighted by Gasteiger charge is -2.09. The first kappa shape index (κ1) is 15.6. The molecule has 0 amide bonds. The molecule has 0 aliphatic heterocycles. The largest absolute Gasteiger partial charge is 0.255 e. The molecule has 0 bridgehead atoms. The van der Waals surface area contributed by atoms with Gasteiger partial charge in [-0.05, 0) is 48.2 Å². The molecule has 4 rings (SSSR count). The fraction of sp³-hybridized carbons (Fsp3) is 0.211. The summed E-state index contributed by atoms with van der Waals surface area (Å²) in [7, 11) is -3.19. The quantitative estimate of drug-likeness (QED) is 0.818. The smallest absolute Gasteiger partial charge is 0.175 e. The molecule has 122 valence electrons. The highest BCUT2D eigenvalue weighted by Gasteiger charge is 2.43. The van der Waals surface area contributed by atoms with E-state index in [0.29, 0.717) is 9.92 Å². The van der Waals surface area contributed by atoms with Gasteiger partial charge in [-0.3, -0.25) is 4.98 Å². The standard InChI is InChI=1S/C19H16ClNO2S/c1-24(22,23)15-5-2-13(3-6-15)16-10-19(8-9-19)11-17(16)18-7-4-14(20)12-21-18/h2-7,10-12H,8-9H2,1H3. The third-order valence-electron chi connectivity index (χ3n) is 4.58. The zero-order valence-corrected chi connectivity index (χ0v) is 14.7. The van der Waals surface area contributed by atoms with Gasteiger partial charge in [0.15, 0.2) is 9.84 Å². The molecule has 1 aromatic carbocycles. The molecule has 1 spiro atoms. The van der Waals surface area contributed by atoms with Gasteiger partial charge < -0.3 is 0 Å². The molecule has 2 aliphatic carbocycles. The topological polar surface area (TPSA) is 47.0 Å². The average molecular weight is 358 g/mol. The van der Waals surface area contributed by atoms with E-state index >= 15 is 0 Å². The van der Waals surface area contributed by atoms with E-state index in [1.807, 2.05) is 24.3 Å². The molecule has 1 fully saturated rings. The lowest BCUT2D eigenvalue weighted by atomic mass is 9.98. The van der Waals surface area contributed by atoms with Crippen molar-refractivity contribution in [3.05, 3.63) is 71.0 Å². The van der Waals surface area contributed by atoms with Crippen LogP contribution in [0, 0.1) is 5.41 Å². The number of hydrogen-bond acceptors (Lipinski definition) is 3. The molecule has 2 aromatic rings. The minimum Gasteiger partial charge on any atom is -0.255 e. The molecule has 3 nitrogen and oxygen atoms in total. The number of rotatable bonds is 3. The summed E-state index contributed by atoms with van der Waals surface area (Å²) in [6, 6.07) is 10.8. The number of sulfone groups is 1. The van der Waals surface area contributed by atoms with Crippen LogP contribution in [0.1, 0.15) is 24.1 Å². The third-order valence-corrected chi connectivity index (χ3v) is 5.93. The van der Waals surface area contributed by atoms with Crippen molar-refractivity contribution in [1.29, 1.82) is 0 Å². The van der Waals surface area contributed by atoms with E-state index in [1.54, 1.807) is 18.3 Å². The number of benzene rings is 1. The molecular formula is C19H16ClNO2S. The highest BCUT2D eigenvalue weighted by molar-refractivity contribution is 7.90. The van der Waals surface area contributed by atoms with E-state index < -0.39 is 9.84 Å². The molecule has 5 heteroatoms. The summed E-state index contributed by atoms with van der Waals surface area (Å²) >= 11 is 5.95. The zero-order valence-electron chi connectivity index (χ0n) is 13.2. The molecule has 1 heterocycles. The first-order valence-corrected chi connectivity index (χ1v) is 10.0. The van der Waals surface area contributed by atoms with E-state index in [-0.39, 0.29) is 5.41 Å². The van der Waals surface area contributed by atoms with Crippen molar-refractivity contribution in [3.8, 4) is 0 Å². The van der Waals surface area contributed by atoms with E-state index in [4.69, 9.17) is 11.6 Å². The Morgan fingerprint density at radius 1 is 1.00 bits per heavy atom. The summed E-state index contributed by atoms with van der Waals surface area (Å²) in [5.41, 5.74) is 4.26. The van der Waals surface area contributed by atoms with Crippen molar-refractivity contribution in [2.45, 2.75) is 17.7 Å². The molecule has 1 aromatic heterocycles. The van der Waals surface area contributed by atoms with Crippen LogP contribution in [0.4, 0.5) is 0 Å². The van der Waals surface area contributed by atoms with E-state index in [9.17, 15) is 8.42 Å². The van der Waals surface area contributed by atoms with Crippen LogP contribution in [0.3, 0.4) is 0 Å². The fourth-order valence-corrected chi connectivity index (χ4v) is 3.81. The number of aromatic nitrogens is 1. The Labute approximate surface area is 146 Å². The number of halogens is 1. The van der Waals surface area contributed by atoms with Crippen molar-refractivity contribution in [2.24, 2.45) is 5.41 Å². The van der Waals surface area contributed by atoms with Crippen LogP contribution in [-0.4, -0.2) is 19.7 Å². The van der Waals surface area contributed by atoms with Crippen molar-refractivity contribution in [3.63, 3.8) is 0 Å². The summed E-state index contributed by atoms with van der Waals surface area (Å²) in [6.07, 6.45) is 9.74. The van der Waals surface area contributed by atoms with Crippen LogP contribution in [0.15, 0.2) is 59.6 Å². The fourth-order valence-electron chi connectivity index (χ4n) is 3.07. The summed E-state index contributed by atoms with van der Waals surface area (Å²) in [6.45, 7) is 0. The number of allylic oxidation sites excluding steroid dienone is 4. The van der Waals surface area contributed by atoms with Crippen LogP contribution in [-0.2, 0) is 9.84 Å². The van der Waals surface area contributed by atoms with Crippen LogP contribution >= 0.6 is 11.6 Å². The Morgan fingerprint density at radius 3 is 2.21 bits per heavy atom. The van der Waals surface area contributed by atoms with Crippen LogP contribution in [0.25, 0.3) is 11.1 Å². The predicted octanol–water partition coefficient (Wildman–Crippen LogP) is 4.40. The third kappa shape index (κ3) is 2.80.